The Kier molecular flexibility index (Phi) is 7.84. The molecule has 0 bridgehead atoms. The van der Waals surface area contributed by atoms with E-state index in [1.165, 1.54) is 0 Å². The second-order valence-electron chi connectivity index (χ2n) is 3.04. The summed E-state index contributed by atoms with van der Waals surface area (Å²) in [6, 6.07) is -0.0973. The van der Waals surface area contributed by atoms with E-state index in [1.54, 1.807) is 25.6 Å². The van der Waals surface area contributed by atoms with Gasteiger partial charge in [0.2, 0.25) is 0 Å². The third-order valence-electron chi connectivity index (χ3n) is 1.54. The highest BCUT2D eigenvalue weighted by Crippen LogP contribution is 2.11. The van der Waals surface area contributed by atoms with Gasteiger partial charge in [-0.3, -0.25) is 0 Å². The Hall–Kier alpha value is 0.560. The highest BCUT2D eigenvalue weighted by molar-refractivity contribution is 7.98. The molecule has 1 atom stereocenters. The molecule has 11 heavy (non-hydrogen) atoms. The fourth-order valence-electron chi connectivity index (χ4n) is 0.598. The van der Waals surface area contributed by atoms with E-state index in [4.69, 9.17) is 5.73 Å². The van der Waals surface area contributed by atoms with Gasteiger partial charge in [-0.25, -0.2) is 0 Å². The van der Waals surface area contributed by atoms with Crippen molar-refractivity contribution >= 4 is 24.2 Å². The highest BCUT2D eigenvalue weighted by atomic mass is 35.5. The Morgan fingerprint density at radius 1 is 1.55 bits per heavy atom. The van der Waals surface area contributed by atoms with E-state index in [-0.39, 0.29) is 18.4 Å². The molecule has 0 spiro atoms. The minimum absolute atomic E-state index is 0. The molecule has 0 saturated carbocycles. The second-order valence-corrected chi connectivity index (χ2v) is 4.03. The Morgan fingerprint density at radius 2 is 2.00 bits per heavy atom. The van der Waals surface area contributed by atoms with Gasteiger partial charge in [0.15, 0.2) is 0 Å². The summed E-state index contributed by atoms with van der Waals surface area (Å²) in [5.41, 5.74) is 4.95. The zero-order valence-corrected chi connectivity index (χ0v) is 8.97. The third kappa shape index (κ3) is 6.94. The van der Waals surface area contributed by atoms with Gasteiger partial charge in [0.25, 0.3) is 0 Å². The van der Waals surface area contributed by atoms with Crippen LogP contribution in [0.2, 0.25) is 0 Å². The molecule has 0 rings (SSSR count). The van der Waals surface area contributed by atoms with Crippen LogP contribution < -0.4 is 5.73 Å². The van der Waals surface area contributed by atoms with Crippen molar-refractivity contribution in [3.05, 3.63) is 0 Å². The van der Waals surface area contributed by atoms with Gasteiger partial charge in [0.05, 0.1) is 5.60 Å². The normalized spacial score (nSPS) is 13.9. The van der Waals surface area contributed by atoms with Crippen LogP contribution in [0.3, 0.4) is 0 Å². The second kappa shape index (κ2) is 6.12. The molecular weight excluding hydrogens is 182 g/mol. The molecule has 0 aromatic carbocycles. The van der Waals surface area contributed by atoms with Gasteiger partial charge < -0.3 is 10.8 Å². The zero-order valence-electron chi connectivity index (χ0n) is 7.33. The first-order valence-electron chi connectivity index (χ1n) is 3.45. The largest absolute Gasteiger partial charge is 0.389 e. The molecule has 0 heterocycles. The third-order valence-corrected chi connectivity index (χ3v) is 2.18. The van der Waals surface area contributed by atoms with Crippen LogP contribution in [0.25, 0.3) is 0 Å². The topological polar surface area (TPSA) is 46.2 Å². The molecule has 0 aliphatic carbocycles. The van der Waals surface area contributed by atoms with E-state index in [0.717, 1.165) is 12.2 Å². The van der Waals surface area contributed by atoms with E-state index < -0.39 is 5.60 Å². The summed E-state index contributed by atoms with van der Waals surface area (Å²) in [6.07, 6.45) is 2.92. The van der Waals surface area contributed by atoms with Crippen molar-refractivity contribution in [2.24, 2.45) is 5.73 Å². The lowest BCUT2D eigenvalue weighted by Gasteiger charge is -2.25. The molecule has 1 unspecified atom stereocenters. The summed E-state index contributed by atoms with van der Waals surface area (Å²) >= 11 is 1.75. The Balaban J connectivity index is 0. The van der Waals surface area contributed by atoms with Crippen LogP contribution in [0.4, 0.5) is 0 Å². The Bertz CT molecular complexity index is 94.9. The average molecular weight is 200 g/mol. The predicted molar refractivity (Wildman–Crippen MR) is 54.5 cm³/mol. The molecule has 0 fully saturated rings. The SMILES string of the molecule is CSCCC(N)C(C)(C)O.Cl. The Labute approximate surface area is 79.3 Å². The van der Waals surface area contributed by atoms with Crippen LogP contribution in [0.15, 0.2) is 0 Å². The first-order valence-corrected chi connectivity index (χ1v) is 4.84. The maximum absolute atomic E-state index is 9.38. The lowest BCUT2D eigenvalue weighted by molar-refractivity contribution is 0.0512. The predicted octanol–water partition coefficient (Wildman–Crippen LogP) is 1.26. The molecule has 0 saturated heterocycles. The summed E-state index contributed by atoms with van der Waals surface area (Å²) in [4.78, 5) is 0. The van der Waals surface area contributed by atoms with Crippen LogP contribution in [0.5, 0.6) is 0 Å². The molecule has 3 N–H and O–H groups in total. The minimum Gasteiger partial charge on any atom is -0.389 e. The van der Waals surface area contributed by atoms with Gasteiger partial charge >= 0.3 is 0 Å². The molecule has 0 aromatic rings. The standard InChI is InChI=1S/C7H17NOS.ClH/c1-7(2,9)6(8)4-5-10-3;/h6,9H,4-5,8H2,1-3H3;1H. The highest BCUT2D eigenvalue weighted by Gasteiger charge is 2.21. The van der Waals surface area contributed by atoms with Gasteiger partial charge in [0, 0.05) is 6.04 Å². The van der Waals surface area contributed by atoms with Crippen molar-refractivity contribution < 1.29 is 5.11 Å². The van der Waals surface area contributed by atoms with Crippen molar-refractivity contribution in [1.82, 2.24) is 0 Å². The smallest absolute Gasteiger partial charge is 0.0742 e. The van der Waals surface area contributed by atoms with E-state index in [0.29, 0.717) is 0 Å². The number of rotatable bonds is 4. The summed E-state index contributed by atoms with van der Waals surface area (Å²) in [6.45, 7) is 3.50. The summed E-state index contributed by atoms with van der Waals surface area (Å²) in [5, 5.41) is 9.38. The van der Waals surface area contributed by atoms with E-state index in [9.17, 15) is 5.11 Å². The van der Waals surface area contributed by atoms with Crippen molar-refractivity contribution in [3.8, 4) is 0 Å². The average Bonchev–Trinajstić information content (AvgIpc) is 1.80. The van der Waals surface area contributed by atoms with Crippen molar-refractivity contribution in [1.29, 1.82) is 0 Å². The summed E-state index contributed by atoms with van der Waals surface area (Å²) in [5.74, 6) is 1.02. The van der Waals surface area contributed by atoms with Crippen LogP contribution in [-0.4, -0.2) is 28.8 Å². The number of halogens is 1. The first kappa shape index (κ1) is 14.1. The van der Waals surface area contributed by atoms with E-state index in [2.05, 4.69) is 0 Å². The molecule has 0 aliphatic rings. The van der Waals surface area contributed by atoms with E-state index >= 15 is 0 Å². The van der Waals surface area contributed by atoms with Gasteiger partial charge in [-0.15, -0.1) is 12.4 Å². The maximum Gasteiger partial charge on any atom is 0.0742 e. The maximum atomic E-state index is 9.38. The van der Waals surface area contributed by atoms with Crippen LogP contribution >= 0.6 is 24.2 Å². The zero-order chi connectivity index (χ0) is 8.20. The monoisotopic (exact) mass is 199 g/mol. The van der Waals surface area contributed by atoms with Crippen molar-refractivity contribution in [3.63, 3.8) is 0 Å². The summed E-state index contributed by atoms with van der Waals surface area (Å²) < 4.78 is 0. The van der Waals surface area contributed by atoms with Crippen LogP contribution in [0.1, 0.15) is 20.3 Å². The van der Waals surface area contributed by atoms with Crippen molar-refractivity contribution in [2.45, 2.75) is 31.9 Å². The molecule has 0 amide bonds. The lowest BCUT2D eigenvalue weighted by Crippen LogP contribution is -2.43. The van der Waals surface area contributed by atoms with Crippen LogP contribution in [-0.2, 0) is 0 Å². The van der Waals surface area contributed by atoms with Gasteiger partial charge in [-0.1, -0.05) is 0 Å². The molecule has 2 nitrogen and oxygen atoms in total. The number of hydrogen-bond donors (Lipinski definition) is 2. The van der Waals surface area contributed by atoms with Gasteiger partial charge in [-0.05, 0) is 32.3 Å². The van der Waals surface area contributed by atoms with E-state index in [1.807, 2.05) is 6.26 Å². The molecule has 4 heteroatoms. The number of nitrogens with two attached hydrogens (primary N) is 1. The quantitative estimate of drug-likeness (QED) is 0.717. The number of hydrogen-bond acceptors (Lipinski definition) is 3. The lowest BCUT2D eigenvalue weighted by atomic mass is 9.98. The number of aliphatic hydroxyl groups is 1. The van der Waals surface area contributed by atoms with Gasteiger partial charge in [-0.2, -0.15) is 11.8 Å². The fraction of sp³-hybridized carbons (Fsp3) is 1.00. The minimum atomic E-state index is -0.726. The molecular formula is C7H18ClNOS. The molecule has 70 valence electrons. The molecule has 0 aliphatic heterocycles. The van der Waals surface area contributed by atoms with Crippen molar-refractivity contribution in [2.75, 3.05) is 12.0 Å². The van der Waals surface area contributed by atoms with Gasteiger partial charge in [0.1, 0.15) is 0 Å². The molecule has 0 radical (unpaired) electrons. The molecule has 0 aromatic heterocycles. The van der Waals surface area contributed by atoms with Crippen LogP contribution in [0, 0.1) is 0 Å². The Morgan fingerprint density at radius 3 is 2.27 bits per heavy atom. The first-order chi connectivity index (χ1) is 4.48. The fourth-order valence-corrected chi connectivity index (χ4v) is 1.09. The summed E-state index contributed by atoms with van der Waals surface area (Å²) in [7, 11) is 0. The number of thioether (sulfide) groups is 1.